The zero-order valence-corrected chi connectivity index (χ0v) is 16.7. The number of aromatic nitrogens is 3. The number of carbonyl (C=O) groups excluding carboxylic acids is 1. The molecule has 0 radical (unpaired) electrons. The Morgan fingerprint density at radius 2 is 1.85 bits per heavy atom. The van der Waals surface area contributed by atoms with Crippen LogP contribution in [0.2, 0.25) is 0 Å². The number of benzene rings is 2. The molecule has 0 saturated carbocycles. The number of thioether (sulfide) groups is 1. The summed E-state index contributed by atoms with van der Waals surface area (Å²) in [6.07, 6.45) is 2.68. The maximum atomic E-state index is 12.3. The fraction of sp³-hybridized carbons (Fsp3) is 0.286. The number of aryl methyl sites for hydroxylation is 2. The SMILES string of the molecule is CCc1ccc([C@H](C)NC(=O)CSc2nncn2-c2ccc(C)cc2)cc1. The van der Waals surface area contributed by atoms with Crippen molar-refractivity contribution in [1.82, 2.24) is 20.1 Å². The van der Waals surface area contributed by atoms with E-state index in [-0.39, 0.29) is 11.9 Å². The first kappa shape index (κ1) is 19.2. The number of hydrogen-bond acceptors (Lipinski definition) is 4. The van der Waals surface area contributed by atoms with Gasteiger partial charge in [-0.2, -0.15) is 0 Å². The van der Waals surface area contributed by atoms with Crippen molar-refractivity contribution < 1.29 is 4.79 Å². The van der Waals surface area contributed by atoms with Crippen LogP contribution in [0.15, 0.2) is 60.0 Å². The van der Waals surface area contributed by atoms with Crippen molar-refractivity contribution in [3.8, 4) is 5.69 Å². The van der Waals surface area contributed by atoms with Crippen LogP contribution in [-0.2, 0) is 11.2 Å². The normalized spacial score (nSPS) is 12.0. The predicted octanol–water partition coefficient (Wildman–Crippen LogP) is 4.11. The van der Waals surface area contributed by atoms with Crippen LogP contribution in [0.4, 0.5) is 0 Å². The Labute approximate surface area is 164 Å². The van der Waals surface area contributed by atoms with Crippen LogP contribution >= 0.6 is 11.8 Å². The first-order valence-corrected chi connectivity index (χ1v) is 10.0. The average molecular weight is 381 g/mol. The molecule has 6 heteroatoms. The van der Waals surface area contributed by atoms with Gasteiger partial charge in [-0.1, -0.05) is 60.6 Å². The molecule has 0 saturated heterocycles. The molecule has 1 amide bonds. The zero-order valence-electron chi connectivity index (χ0n) is 15.8. The summed E-state index contributed by atoms with van der Waals surface area (Å²) in [6, 6.07) is 16.5. The van der Waals surface area contributed by atoms with Gasteiger partial charge in [-0.05, 0) is 43.5 Å². The minimum absolute atomic E-state index is 0.0227. The van der Waals surface area contributed by atoms with E-state index < -0.39 is 0 Å². The molecule has 1 atom stereocenters. The van der Waals surface area contributed by atoms with E-state index in [4.69, 9.17) is 0 Å². The summed E-state index contributed by atoms with van der Waals surface area (Å²) >= 11 is 1.38. The van der Waals surface area contributed by atoms with Gasteiger partial charge in [0.2, 0.25) is 5.91 Å². The lowest BCUT2D eigenvalue weighted by atomic mass is 10.1. The summed E-state index contributed by atoms with van der Waals surface area (Å²) in [7, 11) is 0. The predicted molar refractivity (Wildman–Crippen MR) is 109 cm³/mol. The molecule has 0 spiro atoms. The molecular formula is C21H24N4OS. The van der Waals surface area contributed by atoms with Gasteiger partial charge in [0.15, 0.2) is 5.16 Å². The summed E-state index contributed by atoms with van der Waals surface area (Å²) < 4.78 is 1.89. The van der Waals surface area contributed by atoms with E-state index in [1.54, 1.807) is 6.33 Å². The van der Waals surface area contributed by atoms with Gasteiger partial charge in [-0.3, -0.25) is 9.36 Å². The molecule has 140 valence electrons. The molecule has 0 aliphatic rings. The Balaban J connectivity index is 1.58. The Bertz CT molecular complexity index is 887. The van der Waals surface area contributed by atoms with Crippen LogP contribution in [0.3, 0.4) is 0 Å². The van der Waals surface area contributed by atoms with Gasteiger partial charge in [0.1, 0.15) is 6.33 Å². The van der Waals surface area contributed by atoms with Crippen molar-refractivity contribution >= 4 is 17.7 Å². The second-order valence-corrected chi connectivity index (χ2v) is 7.43. The minimum atomic E-state index is -0.0287. The lowest BCUT2D eigenvalue weighted by Gasteiger charge is -2.14. The summed E-state index contributed by atoms with van der Waals surface area (Å²) in [5.74, 6) is 0.271. The number of carbonyl (C=O) groups is 1. The van der Waals surface area contributed by atoms with Gasteiger partial charge in [0.05, 0.1) is 11.8 Å². The third-order valence-electron chi connectivity index (χ3n) is 4.43. The lowest BCUT2D eigenvalue weighted by Crippen LogP contribution is -2.28. The van der Waals surface area contributed by atoms with Crippen molar-refractivity contribution in [3.05, 3.63) is 71.5 Å². The summed E-state index contributed by atoms with van der Waals surface area (Å²) in [5.41, 5.74) is 4.58. The molecule has 3 rings (SSSR count). The third kappa shape index (κ3) is 4.98. The molecule has 1 N–H and O–H groups in total. The molecule has 1 aromatic heterocycles. The van der Waals surface area contributed by atoms with E-state index in [1.165, 1.54) is 22.9 Å². The van der Waals surface area contributed by atoms with Crippen LogP contribution < -0.4 is 5.32 Å². The van der Waals surface area contributed by atoms with Gasteiger partial charge in [0, 0.05) is 5.69 Å². The highest BCUT2D eigenvalue weighted by molar-refractivity contribution is 7.99. The van der Waals surface area contributed by atoms with E-state index in [9.17, 15) is 4.79 Å². The van der Waals surface area contributed by atoms with Crippen molar-refractivity contribution in [3.63, 3.8) is 0 Å². The van der Waals surface area contributed by atoms with Crippen LogP contribution in [0.25, 0.3) is 5.69 Å². The number of hydrogen-bond donors (Lipinski definition) is 1. The lowest BCUT2D eigenvalue weighted by molar-refractivity contribution is -0.119. The summed E-state index contributed by atoms with van der Waals surface area (Å²) in [6.45, 7) is 6.18. The van der Waals surface area contributed by atoms with Crippen molar-refractivity contribution in [1.29, 1.82) is 0 Å². The van der Waals surface area contributed by atoms with E-state index in [1.807, 2.05) is 42.7 Å². The number of nitrogens with one attached hydrogen (secondary N) is 1. The Kier molecular flexibility index (Phi) is 6.29. The molecule has 1 heterocycles. The molecule has 3 aromatic rings. The highest BCUT2D eigenvalue weighted by Crippen LogP contribution is 2.20. The van der Waals surface area contributed by atoms with Crippen LogP contribution in [-0.4, -0.2) is 26.4 Å². The smallest absolute Gasteiger partial charge is 0.230 e. The third-order valence-corrected chi connectivity index (χ3v) is 5.37. The van der Waals surface area contributed by atoms with Crippen LogP contribution in [0.1, 0.15) is 36.6 Å². The molecule has 27 heavy (non-hydrogen) atoms. The second-order valence-electron chi connectivity index (χ2n) is 6.49. The molecular weight excluding hydrogens is 356 g/mol. The maximum absolute atomic E-state index is 12.3. The van der Waals surface area contributed by atoms with Crippen molar-refractivity contribution in [2.45, 2.75) is 38.4 Å². The first-order valence-electron chi connectivity index (χ1n) is 9.05. The number of nitrogens with zero attached hydrogens (tertiary/aromatic N) is 3. The Morgan fingerprint density at radius 1 is 1.15 bits per heavy atom. The molecule has 0 fully saturated rings. The number of amides is 1. The van der Waals surface area contributed by atoms with Gasteiger partial charge in [-0.15, -0.1) is 10.2 Å². The number of rotatable bonds is 7. The molecule has 0 bridgehead atoms. The van der Waals surface area contributed by atoms with E-state index in [2.05, 4.69) is 46.7 Å². The van der Waals surface area contributed by atoms with Gasteiger partial charge in [0.25, 0.3) is 0 Å². The molecule has 0 aliphatic heterocycles. The van der Waals surface area contributed by atoms with Crippen LogP contribution in [0, 0.1) is 6.92 Å². The molecule has 0 unspecified atom stereocenters. The fourth-order valence-corrected chi connectivity index (χ4v) is 3.48. The van der Waals surface area contributed by atoms with Gasteiger partial charge >= 0.3 is 0 Å². The van der Waals surface area contributed by atoms with E-state index in [0.29, 0.717) is 10.9 Å². The minimum Gasteiger partial charge on any atom is -0.349 e. The molecule has 5 nitrogen and oxygen atoms in total. The monoisotopic (exact) mass is 380 g/mol. The Morgan fingerprint density at radius 3 is 2.52 bits per heavy atom. The quantitative estimate of drug-likeness (QED) is 0.627. The first-order chi connectivity index (χ1) is 13.1. The van der Waals surface area contributed by atoms with Crippen LogP contribution in [0.5, 0.6) is 0 Å². The largest absolute Gasteiger partial charge is 0.349 e. The van der Waals surface area contributed by atoms with Crippen molar-refractivity contribution in [2.75, 3.05) is 5.75 Å². The van der Waals surface area contributed by atoms with E-state index in [0.717, 1.165) is 17.7 Å². The summed E-state index contributed by atoms with van der Waals surface area (Å²) in [5, 5.41) is 11.9. The molecule has 0 aliphatic carbocycles. The van der Waals surface area contributed by atoms with Crippen molar-refractivity contribution in [2.24, 2.45) is 0 Å². The topological polar surface area (TPSA) is 59.8 Å². The zero-order chi connectivity index (χ0) is 19.2. The van der Waals surface area contributed by atoms with Gasteiger partial charge in [-0.25, -0.2) is 0 Å². The standard InChI is InChI=1S/C21H24N4OS/c1-4-17-7-9-18(10-8-17)16(3)23-20(26)13-27-21-24-22-14-25(21)19-11-5-15(2)6-12-19/h5-12,14,16H,4,13H2,1-3H3,(H,23,26)/t16-/m0/s1. The maximum Gasteiger partial charge on any atom is 0.230 e. The average Bonchev–Trinajstić information content (AvgIpc) is 3.15. The van der Waals surface area contributed by atoms with E-state index >= 15 is 0 Å². The second kappa shape index (κ2) is 8.86. The highest BCUT2D eigenvalue weighted by atomic mass is 32.2. The van der Waals surface area contributed by atoms with Gasteiger partial charge < -0.3 is 5.32 Å². The summed E-state index contributed by atoms with van der Waals surface area (Å²) in [4.78, 5) is 12.3. The Hall–Kier alpha value is -2.60. The molecule has 2 aromatic carbocycles. The highest BCUT2D eigenvalue weighted by Gasteiger charge is 2.13. The fourth-order valence-electron chi connectivity index (χ4n) is 2.74.